The Morgan fingerprint density at radius 2 is 0.688 bits per heavy atom. The van der Waals surface area contributed by atoms with E-state index in [0.717, 1.165) is 0 Å². The number of benzene rings is 5. The molecule has 32 heavy (non-hydrogen) atoms. The third-order valence-corrected chi connectivity index (χ3v) is 11.6. The summed E-state index contributed by atoms with van der Waals surface area (Å²) < 4.78 is 0. The molecule has 0 fully saturated rings. The lowest BCUT2D eigenvalue weighted by molar-refractivity contribution is 1.76. The summed E-state index contributed by atoms with van der Waals surface area (Å²) in [5.41, 5.74) is 0. The first-order valence-electron chi connectivity index (χ1n) is 11.0. The van der Waals surface area contributed by atoms with Crippen molar-refractivity contribution in [2.24, 2.45) is 0 Å². The molecule has 0 N–H and O–H groups in total. The first-order chi connectivity index (χ1) is 15.9. The van der Waals surface area contributed by atoms with Gasteiger partial charge in [0.1, 0.15) is 0 Å². The maximum atomic E-state index is 2.54. The van der Waals surface area contributed by atoms with Gasteiger partial charge in [0.15, 0.2) is 0 Å². The zero-order chi connectivity index (χ0) is 21.1. The summed E-state index contributed by atoms with van der Waals surface area (Å²) in [5.74, 6) is 0. The van der Waals surface area contributed by atoms with E-state index in [1.165, 1.54) is 52.6 Å². The van der Waals surface area contributed by atoms with Crippen LogP contribution in [0, 0.1) is 0 Å². The number of rotatable bonds is 2. The van der Waals surface area contributed by atoms with Crippen LogP contribution in [0.3, 0.4) is 0 Å². The average Bonchev–Trinajstić information content (AvgIpc) is 3.36. The van der Waals surface area contributed by atoms with Crippen LogP contribution < -0.4 is 0 Å². The van der Waals surface area contributed by atoms with Gasteiger partial charge in [0.25, 0.3) is 0 Å². The Hall–Kier alpha value is -3.30. The van der Waals surface area contributed by atoms with Crippen molar-refractivity contribution in [1.29, 1.82) is 0 Å². The monoisotopic (exact) mass is 442 g/mol. The van der Waals surface area contributed by atoms with Crippen LogP contribution in [0.4, 0.5) is 0 Å². The van der Waals surface area contributed by atoms with Crippen LogP contribution >= 0.6 is 15.1 Å². The van der Waals surface area contributed by atoms with Crippen molar-refractivity contribution in [1.82, 2.24) is 0 Å². The summed E-state index contributed by atoms with van der Waals surface area (Å²) in [7, 11) is -1.06. The molecule has 0 aliphatic carbocycles. The van der Waals surface area contributed by atoms with E-state index in [-0.39, 0.29) is 0 Å². The Labute approximate surface area is 188 Å². The fraction of sp³-hybridized carbons (Fsp3) is 0. The van der Waals surface area contributed by atoms with Gasteiger partial charge in [-0.15, -0.1) is 0 Å². The molecule has 0 amide bonds. The van der Waals surface area contributed by atoms with Gasteiger partial charge < -0.3 is 0 Å². The van der Waals surface area contributed by atoms with Crippen molar-refractivity contribution in [2.75, 3.05) is 0 Å². The molecular formula is C30H20P2. The molecule has 5 aromatic carbocycles. The molecule has 0 spiro atoms. The lowest BCUT2D eigenvalue weighted by atomic mass is 10.1. The van der Waals surface area contributed by atoms with E-state index in [4.69, 9.17) is 0 Å². The number of hydrogen-bond acceptors (Lipinski definition) is 0. The third-order valence-electron chi connectivity index (χ3n) is 6.49. The van der Waals surface area contributed by atoms with Crippen LogP contribution in [-0.2, 0) is 0 Å². The predicted molar refractivity (Wildman–Crippen MR) is 145 cm³/mol. The molecule has 2 heterocycles. The topological polar surface area (TPSA) is 0 Å². The quantitative estimate of drug-likeness (QED) is 0.250. The van der Waals surface area contributed by atoms with Gasteiger partial charge in [-0.2, -0.15) is 0 Å². The van der Waals surface area contributed by atoms with E-state index in [1.807, 2.05) is 0 Å². The minimum Gasteiger partial charge on any atom is -0.0772 e. The fourth-order valence-corrected chi connectivity index (χ4v) is 10.4. The number of hydrogen-bond donors (Lipinski definition) is 0. The van der Waals surface area contributed by atoms with Crippen LogP contribution in [-0.4, -0.2) is 0 Å². The standard InChI is InChI=1S/C30H20P2/c1-3-11-21(12-4-1)31-27-17-9-7-15-23(27)25-20-30-26(19-29(25)31)24-16-8-10-18-28(24)32(30)22-13-5-2-6-14-22/h1-20H. The molecular weight excluding hydrogens is 422 g/mol. The lowest BCUT2D eigenvalue weighted by Gasteiger charge is -2.05. The Balaban J connectivity index is 1.71. The van der Waals surface area contributed by atoms with Crippen molar-refractivity contribution >= 4 is 57.1 Å². The second kappa shape index (κ2) is 7.11. The van der Waals surface area contributed by atoms with Crippen molar-refractivity contribution < 1.29 is 0 Å². The molecule has 0 aliphatic heterocycles. The Bertz CT molecular complexity index is 1620. The van der Waals surface area contributed by atoms with Crippen LogP contribution in [0.25, 0.3) is 52.6 Å². The van der Waals surface area contributed by atoms with Crippen LogP contribution in [0.15, 0.2) is 121 Å². The molecule has 150 valence electrons. The van der Waals surface area contributed by atoms with Gasteiger partial charge in [-0.3, -0.25) is 0 Å². The minimum absolute atomic E-state index is 0.529. The smallest absolute Gasteiger partial charge is 0.00751 e. The van der Waals surface area contributed by atoms with Gasteiger partial charge >= 0.3 is 0 Å². The van der Waals surface area contributed by atoms with Crippen LogP contribution in [0.1, 0.15) is 0 Å². The van der Waals surface area contributed by atoms with Gasteiger partial charge in [-0.25, -0.2) is 0 Å². The average molecular weight is 442 g/mol. The van der Waals surface area contributed by atoms with Gasteiger partial charge in [0, 0.05) is 20.5 Å². The SMILES string of the molecule is c1ccc(-p2c3ccccc3c3cc4c(cc32)c2ccccc2p4-c2ccccc2)cc1. The van der Waals surface area contributed by atoms with Crippen molar-refractivity contribution in [3.63, 3.8) is 0 Å². The Morgan fingerprint density at radius 3 is 1.12 bits per heavy atom. The molecule has 7 rings (SSSR count). The highest BCUT2D eigenvalue weighted by Crippen LogP contribution is 2.60. The van der Waals surface area contributed by atoms with Crippen molar-refractivity contribution in [3.8, 4) is 10.6 Å². The summed E-state index contributed by atoms with van der Waals surface area (Å²) in [5, 5.41) is 14.6. The van der Waals surface area contributed by atoms with Crippen LogP contribution in [0.5, 0.6) is 0 Å². The highest BCUT2D eigenvalue weighted by atomic mass is 31.1. The maximum Gasteiger partial charge on any atom is 0.00751 e. The Morgan fingerprint density at radius 1 is 0.312 bits per heavy atom. The predicted octanol–water partition coefficient (Wildman–Crippen LogP) is 10.3. The molecule has 2 aromatic heterocycles. The molecule has 0 saturated carbocycles. The largest absolute Gasteiger partial charge is 0.0772 e. The first-order valence-corrected chi connectivity index (χ1v) is 13.7. The van der Waals surface area contributed by atoms with E-state index in [9.17, 15) is 0 Å². The van der Waals surface area contributed by atoms with Gasteiger partial charge in [-0.05, 0) is 44.3 Å². The Kier molecular flexibility index (Phi) is 4.06. The molecule has 0 saturated heterocycles. The molecule has 2 atom stereocenters. The zero-order valence-electron chi connectivity index (χ0n) is 17.4. The minimum atomic E-state index is -0.529. The molecule has 0 aliphatic rings. The highest BCUT2D eigenvalue weighted by Gasteiger charge is 2.18. The summed E-state index contributed by atoms with van der Waals surface area (Å²) in [4.78, 5) is 0. The van der Waals surface area contributed by atoms with E-state index >= 15 is 0 Å². The van der Waals surface area contributed by atoms with Crippen molar-refractivity contribution in [3.05, 3.63) is 121 Å². The van der Waals surface area contributed by atoms with Gasteiger partial charge in [0.2, 0.25) is 0 Å². The van der Waals surface area contributed by atoms with E-state index in [0.29, 0.717) is 0 Å². The van der Waals surface area contributed by atoms with E-state index < -0.39 is 15.1 Å². The van der Waals surface area contributed by atoms with Gasteiger partial charge in [-0.1, -0.05) is 124 Å². The number of fused-ring (bicyclic) bond motifs is 6. The summed E-state index contributed by atoms with van der Waals surface area (Å²) >= 11 is 0. The van der Waals surface area contributed by atoms with E-state index in [1.54, 1.807) is 0 Å². The summed E-state index contributed by atoms with van der Waals surface area (Å²) in [6, 6.07) is 45.3. The third kappa shape index (κ3) is 2.58. The fourth-order valence-electron chi connectivity index (χ4n) is 5.14. The second-order valence-electron chi connectivity index (χ2n) is 8.26. The molecule has 2 heteroatoms. The van der Waals surface area contributed by atoms with Crippen molar-refractivity contribution in [2.45, 2.75) is 0 Å². The maximum absolute atomic E-state index is 2.54. The molecule has 0 radical (unpaired) electrons. The first kappa shape index (κ1) is 18.3. The summed E-state index contributed by atoms with van der Waals surface area (Å²) in [6.07, 6.45) is 0. The van der Waals surface area contributed by atoms with Crippen LogP contribution in [0.2, 0.25) is 0 Å². The highest BCUT2D eigenvalue weighted by molar-refractivity contribution is 7.69. The molecule has 2 unspecified atom stereocenters. The summed E-state index contributed by atoms with van der Waals surface area (Å²) in [6.45, 7) is 0. The zero-order valence-corrected chi connectivity index (χ0v) is 19.2. The molecule has 0 bridgehead atoms. The second-order valence-corrected chi connectivity index (χ2v) is 12.6. The normalized spacial score (nSPS) is 12.9. The van der Waals surface area contributed by atoms with E-state index in [2.05, 4.69) is 121 Å². The lowest BCUT2D eigenvalue weighted by Crippen LogP contribution is -1.69. The molecule has 0 nitrogen and oxygen atoms in total. The van der Waals surface area contributed by atoms with Gasteiger partial charge in [0.05, 0.1) is 0 Å². The molecule has 7 aromatic rings.